The lowest BCUT2D eigenvalue weighted by Gasteiger charge is -2.31. The molecule has 1 aliphatic heterocycles. The number of carboxylic acid groups (broad SMARTS) is 1. The van der Waals surface area contributed by atoms with E-state index in [9.17, 15) is 9.59 Å². The predicted molar refractivity (Wildman–Crippen MR) is 73.4 cm³/mol. The summed E-state index contributed by atoms with van der Waals surface area (Å²) in [7, 11) is 1.78. The third-order valence-electron chi connectivity index (χ3n) is 3.89. The van der Waals surface area contributed by atoms with Gasteiger partial charge in [-0.15, -0.1) is 0 Å². The molecule has 0 saturated carbocycles. The minimum Gasteiger partial charge on any atom is -0.481 e. The molecule has 6 heteroatoms. The van der Waals surface area contributed by atoms with E-state index in [2.05, 4.69) is 5.10 Å². The molecule has 20 heavy (non-hydrogen) atoms. The Bertz CT molecular complexity index is 502. The Labute approximate surface area is 118 Å². The van der Waals surface area contributed by atoms with Crippen LogP contribution in [0.4, 0.5) is 0 Å². The highest BCUT2D eigenvalue weighted by molar-refractivity contribution is 5.92. The maximum absolute atomic E-state index is 12.4. The van der Waals surface area contributed by atoms with Crippen LogP contribution in [0.1, 0.15) is 41.9 Å². The van der Waals surface area contributed by atoms with Crippen molar-refractivity contribution in [3.8, 4) is 0 Å². The summed E-state index contributed by atoms with van der Waals surface area (Å²) in [6.45, 7) is 3.27. The van der Waals surface area contributed by atoms with Gasteiger partial charge in [0.1, 0.15) is 5.69 Å². The number of aliphatic carboxylic acids is 1. The number of hydrogen-bond donors (Lipinski definition) is 1. The molecule has 1 aromatic rings. The number of amides is 1. The molecule has 110 valence electrons. The number of rotatable bonds is 4. The van der Waals surface area contributed by atoms with Gasteiger partial charge in [-0.3, -0.25) is 14.3 Å². The van der Waals surface area contributed by atoms with Crippen LogP contribution in [0, 0.1) is 12.8 Å². The fraction of sp³-hybridized carbons (Fsp3) is 0.643. The minimum atomic E-state index is -0.742. The molecule has 1 fully saturated rings. The van der Waals surface area contributed by atoms with Gasteiger partial charge in [0.25, 0.3) is 5.91 Å². The normalized spacial score (nSPS) is 16.4. The largest absolute Gasteiger partial charge is 0.481 e. The maximum atomic E-state index is 12.4. The van der Waals surface area contributed by atoms with Crippen molar-refractivity contribution in [3.63, 3.8) is 0 Å². The summed E-state index contributed by atoms with van der Waals surface area (Å²) in [5, 5.41) is 12.9. The molecular weight excluding hydrogens is 258 g/mol. The van der Waals surface area contributed by atoms with E-state index in [0.29, 0.717) is 31.1 Å². The van der Waals surface area contributed by atoms with Crippen LogP contribution in [0.5, 0.6) is 0 Å². The van der Waals surface area contributed by atoms with Gasteiger partial charge < -0.3 is 10.0 Å². The lowest BCUT2D eigenvalue weighted by Crippen LogP contribution is -2.39. The lowest BCUT2D eigenvalue weighted by atomic mass is 9.92. The van der Waals surface area contributed by atoms with Gasteiger partial charge >= 0.3 is 5.97 Å². The van der Waals surface area contributed by atoms with Crippen molar-refractivity contribution in [1.82, 2.24) is 14.7 Å². The summed E-state index contributed by atoms with van der Waals surface area (Å²) in [6.07, 6.45) is 2.70. The van der Waals surface area contributed by atoms with Crippen molar-refractivity contribution in [2.75, 3.05) is 13.1 Å². The molecule has 2 rings (SSSR count). The molecule has 1 aromatic heterocycles. The van der Waals surface area contributed by atoms with Crippen LogP contribution in [0.3, 0.4) is 0 Å². The number of aromatic nitrogens is 2. The second-order valence-electron chi connectivity index (χ2n) is 5.46. The van der Waals surface area contributed by atoms with Gasteiger partial charge in [-0.05, 0) is 38.2 Å². The van der Waals surface area contributed by atoms with E-state index in [0.717, 1.165) is 18.5 Å². The van der Waals surface area contributed by atoms with Gasteiger partial charge in [0, 0.05) is 26.6 Å². The molecule has 0 atom stereocenters. The van der Waals surface area contributed by atoms with Crippen molar-refractivity contribution in [1.29, 1.82) is 0 Å². The highest BCUT2D eigenvalue weighted by Crippen LogP contribution is 2.23. The molecule has 0 bridgehead atoms. The molecule has 1 aliphatic rings. The standard InChI is InChI=1S/C14H21N3O3/c1-10-9-12(16(2)15-10)14(20)17-7-5-11(6-8-17)3-4-13(18)19/h9,11H,3-8H2,1-2H3,(H,18,19). The lowest BCUT2D eigenvalue weighted by molar-refractivity contribution is -0.137. The van der Waals surface area contributed by atoms with Crippen molar-refractivity contribution in [3.05, 3.63) is 17.5 Å². The molecule has 1 N–H and O–H groups in total. The Hall–Kier alpha value is -1.85. The Balaban J connectivity index is 1.89. The number of nitrogens with zero attached hydrogens (tertiary/aromatic N) is 3. The van der Waals surface area contributed by atoms with Crippen LogP contribution in [-0.4, -0.2) is 44.8 Å². The van der Waals surface area contributed by atoms with Crippen molar-refractivity contribution < 1.29 is 14.7 Å². The Morgan fingerprint density at radius 1 is 1.40 bits per heavy atom. The van der Waals surface area contributed by atoms with Crippen molar-refractivity contribution in [2.45, 2.75) is 32.6 Å². The predicted octanol–water partition coefficient (Wildman–Crippen LogP) is 1.45. The first kappa shape index (κ1) is 14.6. The number of piperidine rings is 1. The van der Waals surface area contributed by atoms with Gasteiger partial charge in [-0.1, -0.05) is 0 Å². The number of carbonyl (C=O) groups excluding carboxylic acids is 1. The smallest absolute Gasteiger partial charge is 0.303 e. The van der Waals surface area contributed by atoms with Gasteiger partial charge in [0.2, 0.25) is 0 Å². The maximum Gasteiger partial charge on any atom is 0.303 e. The summed E-state index contributed by atoms with van der Waals surface area (Å²) in [6, 6.07) is 1.80. The van der Waals surface area contributed by atoms with Crippen molar-refractivity contribution >= 4 is 11.9 Å². The molecule has 1 amide bonds. The zero-order valence-corrected chi connectivity index (χ0v) is 12.0. The Kier molecular flexibility index (Phi) is 4.42. The molecule has 0 aromatic carbocycles. The van der Waals surface area contributed by atoms with Crippen LogP contribution < -0.4 is 0 Å². The van der Waals surface area contributed by atoms with E-state index in [1.165, 1.54) is 0 Å². The first-order valence-corrected chi connectivity index (χ1v) is 6.99. The summed E-state index contributed by atoms with van der Waals surface area (Å²) in [4.78, 5) is 24.8. The van der Waals surface area contributed by atoms with Crippen LogP contribution >= 0.6 is 0 Å². The number of aryl methyl sites for hydroxylation is 2. The summed E-state index contributed by atoms with van der Waals surface area (Å²) >= 11 is 0. The second kappa shape index (κ2) is 6.07. The average Bonchev–Trinajstić information content (AvgIpc) is 2.75. The zero-order valence-electron chi connectivity index (χ0n) is 12.0. The van der Waals surface area contributed by atoms with Gasteiger partial charge in [-0.25, -0.2) is 0 Å². The number of carbonyl (C=O) groups is 2. The minimum absolute atomic E-state index is 0.0183. The molecule has 0 radical (unpaired) electrons. The number of likely N-dealkylation sites (tertiary alicyclic amines) is 1. The van der Waals surface area contributed by atoms with E-state index in [-0.39, 0.29) is 12.3 Å². The third kappa shape index (κ3) is 3.37. The monoisotopic (exact) mass is 279 g/mol. The van der Waals surface area contributed by atoms with E-state index in [1.54, 1.807) is 17.8 Å². The second-order valence-corrected chi connectivity index (χ2v) is 5.46. The SMILES string of the molecule is Cc1cc(C(=O)N2CCC(CCC(=O)O)CC2)n(C)n1. The van der Waals surface area contributed by atoms with Crippen LogP contribution in [0.2, 0.25) is 0 Å². The Morgan fingerprint density at radius 2 is 2.05 bits per heavy atom. The Morgan fingerprint density at radius 3 is 2.55 bits per heavy atom. The first-order chi connectivity index (χ1) is 9.47. The molecule has 2 heterocycles. The van der Waals surface area contributed by atoms with Crippen molar-refractivity contribution in [2.24, 2.45) is 13.0 Å². The highest BCUT2D eigenvalue weighted by atomic mass is 16.4. The summed E-state index contributed by atoms with van der Waals surface area (Å²) in [5.74, 6) is -0.304. The molecule has 6 nitrogen and oxygen atoms in total. The fourth-order valence-electron chi connectivity index (χ4n) is 2.73. The van der Waals surface area contributed by atoms with Gasteiger partial charge in [0.15, 0.2) is 0 Å². The van der Waals surface area contributed by atoms with Gasteiger partial charge in [0.05, 0.1) is 5.69 Å². The van der Waals surface area contributed by atoms with Crippen LogP contribution in [-0.2, 0) is 11.8 Å². The first-order valence-electron chi connectivity index (χ1n) is 6.99. The van der Waals surface area contributed by atoms with Crippen LogP contribution in [0.15, 0.2) is 6.07 Å². The summed E-state index contributed by atoms with van der Waals surface area (Å²) < 4.78 is 1.62. The highest BCUT2D eigenvalue weighted by Gasteiger charge is 2.25. The van der Waals surface area contributed by atoms with E-state index < -0.39 is 5.97 Å². The van der Waals surface area contributed by atoms with E-state index >= 15 is 0 Å². The fourth-order valence-corrected chi connectivity index (χ4v) is 2.73. The quantitative estimate of drug-likeness (QED) is 0.905. The number of hydrogen-bond acceptors (Lipinski definition) is 3. The zero-order chi connectivity index (χ0) is 14.7. The molecule has 1 saturated heterocycles. The molecule has 0 spiro atoms. The van der Waals surface area contributed by atoms with Gasteiger partial charge in [-0.2, -0.15) is 5.10 Å². The van der Waals surface area contributed by atoms with E-state index in [4.69, 9.17) is 5.11 Å². The molecular formula is C14H21N3O3. The third-order valence-corrected chi connectivity index (χ3v) is 3.89. The molecule has 0 unspecified atom stereocenters. The average molecular weight is 279 g/mol. The van der Waals surface area contributed by atoms with Crippen LogP contribution in [0.25, 0.3) is 0 Å². The van der Waals surface area contributed by atoms with E-state index in [1.807, 2.05) is 11.8 Å². The number of carboxylic acids is 1. The molecule has 0 aliphatic carbocycles. The topological polar surface area (TPSA) is 75.4 Å². The summed E-state index contributed by atoms with van der Waals surface area (Å²) in [5.41, 5.74) is 1.46.